The number of halogens is 3. The summed E-state index contributed by atoms with van der Waals surface area (Å²) in [5.74, 6) is -0.922. The molecule has 0 aliphatic heterocycles. The molecular formula is C26H19F3N6O3. The number of pyridine rings is 1. The lowest BCUT2D eigenvalue weighted by Gasteiger charge is -2.12. The monoisotopic (exact) mass is 520 g/mol. The van der Waals surface area contributed by atoms with Gasteiger partial charge >= 0.3 is 6.18 Å². The molecule has 0 saturated carbocycles. The van der Waals surface area contributed by atoms with Crippen LogP contribution in [-0.4, -0.2) is 35.9 Å². The van der Waals surface area contributed by atoms with Gasteiger partial charge in [-0.1, -0.05) is 53.7 Å². The number of alkyl halides is 3. The third-order valence-corrected chi connectivity index (χ3v) is 5.62. The molecule has 9 nitrogen and oxygen atoms in total. The van der Waals surface area contributed by atoms with Gasteiger partial charge in [-0.05, 0) is 29.3 Å². The fourth-order valence-electron chi connectivity index (χ4n) is 3.75. The number of carbonyl (C=O) groups is 1. The molecule has 0 fully saturated rings. The van der Waals surface area contributed by atoms with Crippen molar-refractivity contribution in [3.05, 3.63) is 102 Å². The maximum Gasteiger partial charge on any atom is 0.434 e. The summed E-state index contributed by atoms with van der Waals surface area (Å²) >= 11 is 0. The van der Waals surface area contributed by atoms with Crippen molar-refractivity contribution in [2.45, 2.75) is 18.8 Å². The van der Waals surface area contributed by atoms with Crippen LogP contribution in [-0.2, 0) is 17.5 Å². The zero-order chi connectivity index (χ0) is 26.7. The lowest BCUT2D eigenvalue weighted by molar-refractivity contribution is -0.142. The summed E-state index contributed by atoms with van der Waals surface area (Å²) in [6.45, 7) is 0.203. The molecule has 5 aromatic rings. The first kappa shape index (κ1) is 24.8. The Bertz CT molecular complexity index is 1530. The quantitative estimate of drug-likeness (QED) is 0.327. The van der Waals surface area contributed by atoms with Crippen LogP contribution < -0.4 is 5.32 Å². The fourth-order valence-corrected chi connectivity index (χ4v) is 3.75. The van der Waals surface area contributed by atoms with Gasteiger partial charge in [-0.2, -0.15) is 23.3 Å². The van der Waals surface area contributed by atoms with Crippen LogP contribution in [0.15, 0.2) is 89.8 Å². The van der Waals surface area contributed by atoms with Gasteiger partial charge in [0.2, 0.25) is 5.82 Å². The van der Waals surface area contributed by atoms with Gasteiger partial charge in [0.05, 0.1) is 17.4 Å². The van der Waals surface area contributed by atoms with Gasteiger partial charge in [0.15, 0.2) is 11.8 Å². The second-order valence-corrected chi connectivity index (χ2v) is 8.18. The molecule has 0 spiro atoms. The molecule has 3 heterocycles. The van der Waals surface area contributed by atoms with E-state index in [9.17, 15) is 23.1 Å². The predicted octanol–water partition coefficient (Wildman–Crippen LogP) is 4.35. The van der Waals surface area contributed by atoms with Gasteiger partial charge in [0.1, 0.15) is 0 Å². The average Bonchev–Trinajstić information content (AvgIpc) is 3.60. The number of benzene rings is 2. The summed E-state index contributed by atoms with van der Waals surface area (Å²) in [6, 6.07) is 17.5. The molecule has 0 aliphatic rings. The first-order chi connectivity index (χ1) is 18.3. The normalized spacial score (nSPS) is 12.3. The molecule has 5 rings (SSSR count). The van der Waals surface area contributed by atoms with E-state index in [1.165, 1.54) is 36.4 Å². The maximum atomic E-state index is 14.0. The molecular weight excluding hydrogens is 501 g/mol. The van der Waals surface area contributed by atoms with E-state index in [4.69, 9.17) is 4.52 Å². The van der Waals surface area contributed by atoms with Gasteiger partial charge in [0.25, 0.3) is 11.8 Å². The highest BCUT2D eigenvalue weighted by molar-refractivity contribution is 5.82. The number of nitrogens with zero attached hydrogens (tertiary/aromatic N) is 5. The Labute approximate surface area is 213 Å². The minimum absolute atomic E-state index is 0.0302. The van der Waals surface area contributed by atoms with E-state index in [1.54, 1.807) is 42.7 Å². The van der Waals surface area contributed by atoms with E-state index in [1.807, 2.05) is 0 Å². The fraction of sp³-hybridized carbons (Fsp3) is 0.115. The molecule has 3 aromatic heterocycles. The van der Waals surface area contributed by atoms with Gasteiger partial charge in [-0.3, -0.25) is 9.78 Å². The molecule has 12 heteroatoms. The minimum Gasteiger partial charge on any atom is -0.378 e. The number of amides is 1. The number of hydrogen-bond donors (Lipinski definition) is 2. The summed E-state index contributed by atoms with van der Waals surface area (Å²) in [4.78, 5) is 20.4. The van der Waals surface area contributed by atoms with E-state index < -0.39 is 23.9 Å². The minimum atomic E-state index is -4.74. The van der Waals surface area contributed by atoms with Crippen LogP contribution in [0.3, 0.4) is 0 Å². The van der Waals surface area contributed by atoms with Crippen LogP contribution in [0.4, 0.5) is 13.2 Å². The third-order valence-electron chi connectivity index (χ3n) is 5.62. The standard InChI is InChI=1S/C26H19F3N6O3/c27-26(28,29)22-20(15-32-35(22)19-6-2-1-3-7-19)25-33-23(34-38-25)18-10-8-17(9-11-18)21(36)24(37)31-14-16-5-4-12-30-13-16/h1-13,15,21,36H,14H2,(H,31,37)/t21-/m1/s1. The van der Waals surface area contributed by atoms with Crippen molar-refractivity contribution in [2.75, 3.05) is 0 Å². The second kappa shape index (κ2) is 10.3. The van der Waals surface area contributed by atoms with E-state index in [0.29, 0.717) is 11.1 Å². The van der Waals surface area contributed by atoms with Crippen LogP contribution in [0.5, 0.6) is 0 Å². The van der Waals surface area contributed by atoms with Gasteiger partial charge < -0.3 is 14.9 Å². The van der Waals surface area contributed by atoms with Crippen LogP contribution in [0.2, 0.25) is 0 Å². The van der Waals surface area contributed by atoms with Crippen LogP contribution in [0.1, 0.15) is 22.9 Å². The van der Waals surface area contributed by atoms with Crippen molar-refractivity contribution < 1.29 is 27.6 Å². The third kappa shape index (κ3) is 5.15. The first-order valence-electron chi connectivity index (χ1n) is 11.3. The maximum absolute atomic E-state index is 14.0. The molecule has 0 radical (unpaired) electrons. The number of aliphatic hydroxyl groups is 1. The summed E-state index contributed by atoms with van der Waals surface area (Å²) < 4.78 is 47.8. The summed E-state index contributed by atoms with van der Waals surface area (Å²) in [7, 11) is 0. The Balaban J connectivity index is 1.34. The van der Waals surface area contributed by atoms with Crippen molar-refractivity contribution in [1.29, 1.82) is 0 Å². The molecule has 2 aromatic carbocycles. The Kier molecular flexibility index (Phi) is 6.71. The summed E-state index contributed by atoms with van der Waals surface area (Å²) in [6.07, 6.45) is -1.94. The molecule has 0 saturated heterocycles. The van der Waals surface area contributed by atoms with Gasteiger partial charge in [-0.15, -0.1) is 0 Å². The highest BCUT2D eigenvalue weighted by Crippen LogP contribution is 2.38. The molecule has 1 atom stereocenters. The number of carbonyl (C=O) groups excluding carboxylic acids is 1. The molecule has 192 valence electrons. The van der Waals surface area contributed by atoms with E-state index in [0.717, 1.165) is 16.4 Å². The zero-order valence-electron chi connectivity index (χ0n) is 19.5. The lowest BCUT2D eigenvalue weighted by atomic mass is 10.1. The average molecular weight is 520 g/mol. The van der Waals surface area contributed by atoms with Crippen LogP contribution in [0, 0.1) is 0 Å². The van der Waals surface area contributed by atoms with Crippen LogP contribution >= 0.6 is 0 Å². The summed E-state index contributed by atoms with van der Waals surface area (Å²) in [5, 5.41) is 20.7. The molecule has 0 unspecified atom stereocenters. The van der Waals surface area contributed by atoms with Gasteiger partial charge in [0, 0.05) is 24.5 Å². The smallest absolute Gasteiger partial charge is 0.378 e. The number of aliphatic hydroxyl groups excluding tert-OH is 1. The Morgan fingerprint density at radius 2 is 1.79 bits per heavy atom. The number of aromatic nitrogens is 5. The van der Waals surface area contributed by atoms with E-state index in [2.05, 4.69) is 25.5 Å². The number of rotatable bonds is 7. The topological polar surface area (TPSA) is 119 Å². The van der Waals surface area contributed by atoms with E-state index >= 15 is 0 Å². The van der Waals surface area contributed by atoms with Crippen LogP contribution in [0.25, 0.3) is 28.5 Å². The first-order valence-corrected chi connectivity index (χ1v) is 11.3. The molecule has 2 N–H and O–H groups in total. The summed E-state index contributed by atoms with van der Waals surface area (Å²) in [5.41, 5.74) is 0.316. The largest absolute Gasteiger partial charge is 0.434 e. The van der Waals surface area contributed by atoms with Gasteiger partial charge in [-0.25, -0.2) is 4.68 Å². The van der Waals surface area contributed by atoms with Crippen molar-refractivity contribution in [3.8, 4) is 28.5 Å². The molecule has 0 aliphatic carbocycles. The number of nitrogens with one attached hydrogen (secondary N) is 1. The van der Waals surface area contributed by atoms with Crippen molar-refractivity contribution >= 4 is 5.91 Å². The number of hydrogen-bond acceptors (Lipinski definition) is 7. The molecule has 38 heavy (non-hydrogen) atoms. The SMILES string of the molecule is O=C(NCc1cccnc1)[C@H](O)c1ccc(-c2noc(-c3cnn(-c4ccccc4)c3C(F)(F)F)n2)cc1. The lowest BCUT2D eigenvalue weighted by Crippen LogP contribution is -2.28. The van der Waals surface area contributed by atoms with Crippen molar-refractivity contribution in [1.82, 2.24) is 30.2 Å². The van der Waals surface area contributed by atoms with Crippen molar-refractivity contribution in [3.63, 3.8) is 0 Å². The molecule has 0 bridgehead atoms. The van der Waals surface area contributed by atoms with E-state index in [-0.39, 0.29) is 29.5 Å². The Morgan fingerprint density at radius 3 is 2.47 bits per heavy atom. The predicted molar refractivity (Wildman–Crippen MR) is 128 cm³/mol. The molecule has 1 amide bonds. The van der Waals surface area contributed by atoms with Crippen molar-refractivity contribution in [2.24, 2.45) is 0 Å². The number of para-hydroxylation sites is 1. The Morgan fingerprint density at radius 1 is 1.03 bits per heavy atom. The second-order valence-electron chi connectivity index (χ2n) is 8.18. The Hall–Kier alpha value is -4.84. The zero-order valence-corrected chi connectivity index (χ0v) is 19.5. The highest BCUT2D eigenvalue weighted by atomic mass is 19.4. The highest BCUT2D eigenvalue weighted by Gasteiger charge is 2.40.